The zero-order valence-electron chi connectivity index (χ0n) is 8.92. The van der Waals surface area contributed by atoms with Crippen LogP contribution in [0.1, 0.15) is 17.5 Å². The van der Waals surface area contributed by atoms with E-state index in [9.17, 15) is 0 Å². The predicted octanol–water partition coefficient (Wildman–Crippen LogP) is 1.48. The van der Waals surface area contributed by atoms with Crippen molar-refractivity contribution in [1.29, 1.82) is 0 Å². The Morgan fingerprint density at radius 2 is 1.86 bits per heavy atom. The highest BCUT2D eigenvalue weighted by molar-refractivity contribution is 5.21. The predicted molar refractivity (Wildman–Crippen MR) is 61.4 cm³/mol. The van der Waals surface area contributed by atoms with Crippen LogP contribution in [0.5, 0.6) is 0 Å². The summed E-state index contributed by atoms with van der Waals surface area (Å²) in [5.74, 6) is 0. The lowest BCUT2D eigenvalue weighted by Gasteiger charge is -2.03. The molecule has 0 atom stereocenters. The summed E-state index contributed by atoms with van der Waals surface area (Å²) in [6, 6.07) is 8.75. The second-order valence-corrected chi connectivity index (χ2v) is 3.63. The molecule has 1 aromatic rings. The van der Waals surface area contributed by atoms with Gasteiger partial charge in [0.2, 0.25) is 0 Å². The quantitative estimate of drug-likeness (QED) is 0.670. The van der Waals surface area contributed by atoms with Crippen LogP contribution in [0.15, 0.2) is 24.3 Å². The van der Waals surface area contributed by atoms with Crippen molar-refractivity contribution >= 4 is 0 Å². The van der Waals surface area contributed by atoms with Crippen LogP contribution in [-0.2, 0) is 6.42 Å². The van der Waals surface area contributed by atoms with Crippen LogP contribution in [0.25, 0.3) is 0 Å². The van der Waals surface area contributed by atoms with Gasteiger partial charge in [-0.3, -0.25) is 0 Å². The van der Waals surface area contributed by atoms with Crippen molar-refractivity contribution in [3.05, 3.63) is 35.4 Å². The Morgan fingerprint density at radius 3 is 2.50 bits per heavy atom. The van der Waals surface area contributed by atoms with Gasteiger partial charge < -0.3 is 11.1 Å². The topological polar surface area (TPSA) is 38.0 Å². The van der Waals surface area contributed by atoms with Gasteiger partial charge in [0, 0.05) is 13.1 Å². The van der Waals surface area contributed by atoms with Crippen molar-refractivity contribution in [2.45, 2.75) is 19.8 Å². The monoisotopic (exact) mass is 192 g/mol. The molecule has 0 aliphatic carbocycles. The molecule has 0 spiro atoms. The molecule has 0 aromatic heterocycles. The van der Waals surface area contributed by atoms with Gasteiger partial charge >= 0.3 is 0 Å². The van der Waals surface area contributed by atoms with Crippen molar-refractivity contribution in [2.24, 2.45) is 5.73 Å². The van der Waals surface area contributed by atoms with Crippen molar-refractivity contribution in [2.75, 3.05) is 19.6 Å². The molecule has 0 heterocycles. The summed E-state index contributed by atoms with van der Waals surface area (Å²) in [5, 5.41) is 3.29. The molecule has 1 rings (SSSR count). The third kappa shape index (κ3) is 4.40. The fourth-order valence-electron chi connectivity index (χ4n) is 1.40. The smallest absolute Gasteiger partial charge is 0.00745 e. The van der Waals surface area contributed by atoms with E-state index in [-0.39, 0.29) is 0 Å². The number of hydrogen-bond donors (Lipinski definition) is 2. The zero-order valence-corrected chi connectivity index (χ0v) is 8.92. The van der Waals surface area contributed by atoms with E-state index < -0.39 is 0 Å². The fourth-order valence-corrected chi connectivity index (χ4v) is 1.40. The van der Waals surface area contributed by atoms with E-state index in [1.54, 1.807) is 0 Å². The van der Waals surface area contributed by atoms with E-state index in [2.05, 4.69) is 36.5 Å². The molecule has 0 radical (unpaired) electrons. The maximum absolute atomic E-state index is 5.38. The highest BCUT2D eigenvalue weighted by Crippen LogP contribution is 2.04. The lowest BCUT2D eigenvalue weighted by Crippen LogP contribution is -2.23. The first-order valence-corrected chi connectivity index (χ1v) is 5.29. The molecule has 3 N–H and O–H groups in total. The zero-order chi connectivity index (χ0) is 10.2. The Morgan fingerprint density at radius 1 is 1.14 bits per heavy atom. The van der Waals surface area contributed by atoms with Gasteiger partial charge in [-0.15, -0.1) is 0 Å². The van der Waals surface area contributed by atoms with Gasteiger partial charge in [-0.1, -0.05) is 29.8 Å². The number of nitrogens with two attached hydrogens (primary N) is 1. The van der Waals surface area contributed by atoms with Crippen LogP contribution in [0.4, 0.5) is 0 Å². The van der Waals surface area contributed by atoms with Crippen LogP contribution in [0.3, 0.4) is 0 Å². The molecule has 0 amide bonds. The lowest BCUT2D eigenvalue weighted by atomic mass is 10.1. The number of benzene rings is 1. The van der Waals surface area contributed by atoms with E-state index in [1.807, 2.05) is 0 Å². The molecule has 0 aliphatic rings. The molecular formula is C12H20N2. The standard InChI is InChI=1S/C12H20N2/c1-11-4-6-12(7-5-11)3-2-9-14-10-8-13/h4-7,14H,2-3,8-10,13H2,1H3. The minimum absolute atomic E-state index is 0.727. The molecule has 0 saturated carbocycles. The Hall–Kier alpha value is -0.860. The summed E-state index contributed by atoms with van der Waals surface area (Å²) < 4.78 is 0. The van der Waals surface area contributed by atoms with Crippen LogP contribution in [0, 0.1) is 6.92 Å². The van der Waals surface area contributed by atoms with E-state index in [0.29, 0.717) is 0 Å². The van der Waals surface area contributed by atoms with Crippen LogP contribution in [0.2, 0.25) is 0 Å². The second-order valence-electron chi connectivity index (χ2n) is 3.63. The van der Waals surface area contributed by atoms with Crippen LogP contribution >= 0.6 is 0 Å². The number of nitrogens with one attached hydrogen (secondary N) is 1. The van der Waals surface area contributed by atoms with Crippen molar-refractivity contribution in [1.82, 2.24) is 5.32 Å². The van der Waals surface area contributed by atoms with E-state index in [4.69, 9.17) is 5.73 Å². The Bertz CT molecular complexity index is 241. The van der Waals surface area contributed by atoms with Crippen molar-refractivity contribution in [3.8, 4) is 0 Å². The van der Waals surface area contributed by atoms with E-state index in [1.165, 1.54) is 17.5 Å². The normalized spacial score (nSPS) is 10.4. The first-order valence-electron chi connectivity index (χ1n) is 5.29. The van der Waals surface area contributed by atoms with E-state index in [0.717, 1.165) is 26.1 Å². The van der Waals surface area contributed by atoms with Gasteiger partial charge in [-0.05, 0) is 31.9 Å². The molecule has 2 nitrogen and oxygen atoms in total. The van der Waals surface area contributed by atoms with E-state index >= 15 is 0 Å². The fraction of sp³-hybridized carbons (Fsp3) is 0.500. The highest BCUT2D eigenvalue weighted by Gasteiger charge is 1.92. The van der Waals surface area contributed by atoms with Crippen molar-refractivity contribution < 1.29 is 0 Å². The van der Waals surface area contributed by atoms with Gasteiger partial charge in [0.05, 0.1) is 0 Å². The minimum Gasteiger partial charge on any atom is -0.329 e. The molecule has 78 valence electrons. The third-order valence-electron chi connectivity index (χ3n) is 2.26. The Labute approximate surface area is 86.5 Å². The summed E-state index contributed by atoms with van der Waals surface area (Å²) in [5.41, 5.74) is 8.13. The number of hydrogen-bond acceptors (Lipinski definition) is 2. The molecule has 0 fully saturated rings. The molecule has 0 aliphatic heterocycles. The molecule has 0 unspecified atom stereocenters. The molecular weight excluding hydrogens is 172 g/mol. The van der Waals surface area contributed by atoms with Crippen LogP contribution < -0.4 is 11.1 Å². The molecule has 14 heavy (non-hydrogen) atoms. The third-order valence-corrected chi connectivity index (χ3v) is 2.26. The molecule has 2 heteroatoms. The lowest BCUT2D eigenvalue weighted by molar-refractivity contribution is 0.653. The molecule has 0 saturated heterocycles. The summed E-state index contributed by atoms with van der Waals surface area (Å²) in [6.45, 7) is 4.83. The first kappa shape index (κ1) is 11.2. The van der Waals surface area contributed by atoms with Crippen molar-refractivity contribution in [3.63, 3.8) is 0 Å². The first-order chi connectivity index (χ1) is 6.83. The van der Waals surface area contributed by atoms with Gasteiger partial charge in [-0.25, -0.2) is 0 Å². The molecule has 1 aromatic carbocycles. The average molecular weight is 192 g/mol. The summed E-state index contributed by atoms with van der Waals surface area (Å²) in [4.78, 5) is 0. The SMILES string of the molecule is Cc1ccc(CCCNCCN)cc1. The van der Waals surface area contributed by atoms with Gasteiger partial charge in [0.1, 0.15) is 0 Å². The maximum atomic E-state index is 5.38. The summed E-state index contributed by atoms with van der Waals surface area (Å²) in [6.07, 6.45) is 2.33. The van der Waals surface area contributed by atoms with Gasteiger partial charge in [0.15, 0.2) is 0 Å². The van der Waals surface area contributed by atoms with Gasteiger partial charge in [0.25, 0.3) is 0 Å². The minimum atomic E-state index is 0.727. The summed E-state index contributed by atoms with van der Waals surface area (Å²) in [7, 11) is 0. The number of aryl methyl sites for hydroxylation is 2. The Kier molecular flexibility index (Phi) is 5.27. The Balaban J connectivity index is 2.15. The maximum Gasteiger partial charge on any atom is 0.00745 e. The highest BCUT2D eigenvalue weighted by atomic mass is 14.9. The van der Waals surface area contributed by atoms with Crippen LogP contribution in [-0.4, -0.2) is 19.6 Å². The second kappa shape index (κ2) is 6.57. The summed E-state index contributed by atoms with van der Waals surface area (Å²) >= 11 is 0. The molecule has 0 bridgehead atoms. The van der Waals surface area contributed by atoms with Gasteiger partial charge in [-0.2, -0.15) is 0 Å². The number of rotatable bonds is 6. The largest absolute Gasteiger partial charge is 0.329 e. The average Bonchev–Trinajstić information content (AvgIpc) is 2.21.